The molecular formula is C43H27N3O. The van der Waals surface area contributed by atoms with Crippen LogP contribution >= 0.6 is 0 Å². The maximum atomic E-state index is 6.58. The van der Waals surface area contributed by atoms with Crippen LogP contribution in [0.2, 0.25) is 0 Å². The van der Waals surface area contributed by atoms with Crippen molar-refractivity contribution in [1.29, 1.82) is 0 Å². The number of furan rings is 1. The van der Waals surface area contributed by atoms with Crippen molar-refractivity contribution in [2.24, 2.45) is 9.98 Å². The highest BCUT2D eigenvalue weighted by molar-refractivity contribution is 6.23. The third-order valence-corrected chi connectivity index (χ3v) is 9.50. The van der Waals surface area contributed by atoms with Crippen molar-refractivity contribution in [2.45, 2.75) is 6.17 Å². The van der Waals surface area contributed by atoms with Crippen LogP contribution in [0.3, 0.4) is 0 Å². The largest absolute Gasteiger partial charge is 0.456 e. The van der Waals surface area contributed by atoms with E-state index < -0.39 is 0 Å². The second-order valence-corrected chi connectivity index (χ2v) is 12.2. The molecule has 1 unspecified atom stereocenters. The fourth-order valence-electron chi connectivity index (χ4n) is 7.36. The smallest absolute Gasteiger partial charge is 0.159 e. The van der Waals surface area contributed by atoms with Crippen LogP contribution in [0.25, 0.3) is 66.1 Å². The maximum Gasteiger partial charge on any atom is 0.159 e. The summed E-state index contributed by atoms with van der Waals surface area (Å²) >= 11 is 0. The van der Waals surface area contributed by atoms with Gasteiger partial charge in [-0.05, 0) is 67.9 Å². The molecule has 47 heavy (non-hydrogen) atoms. The van der Waals surface area contributed by atoms with Gasteiger partial charge in [0.2, 0.25) is 0 Å². The van der Waals surface area contributed by atoms with Gasteiger partial charge < -0.3 is 9.73 Å². The molecule has 8 aromatic rings. The molecule has 0 radical (unpaired) electrons. The van der Waals surface area contributed by atoms with Crippen LogP contribution in [-0.2, 0) is 0 Å². The summed E-state index contributed by atoms with van der Waals surface area (Å²) < 4.78 is 6.58. The van der Waals surface area contributed by atoms with E-state index in [1.165, 1.54) is 38.6 Å². The van der Waals surface area contributed by atoms with E-state index in [-0.39, 0.29) is 6.17 Å². The molecule has 0 fully saturated rings. The van der Waals surface area contributed by atoms with Crippen molar-refractivity contribution < 1.29 is 4.42 Å². The molecule has 7 aromatic carbocycles. The van der Waals surface area contributed by atoms with E-state index in [1.54, 1.807) is 0 Å². The van der Waals surface area contributed by atoms with Gasteiger partial charge in [-0.15, -0.1) is 0 Å². The highest BCUT2D eigenvalue weighted by Crippen LogP contribution is 2.49. The van der Waals surface area contributed by atoms with Gasteiger partial charge in [-0.25, -0.2) is 9.98 Å². The summed E-state index contributed by atoms with van der Waals surface area (Å²) in [6, 6.07) is 53.2. The molecule has 2 heterocycles. The van der Waals surface area contributed by atoms with Crippen molar-refractivity contribution in [3.63, 3.8) is 0 Å². The minimum absolute atomic E-state index is 0.270. The van der Waals surface area contributed by atoms with Gasteiger partial charge in [0.15, 0.2) is 5.84 Å². The van der Waals surface area contributed by atoms with Crippen molar-refractivity contribution in [1.82, 2.24) is 5.32 Å². The fourth-order valence-corrected chi connectivity index (χ4v) is 7.36. The van der Waals surface area contributed by atoms with Gasteiger partial charge in [-0.3, -0.25) is 0 Å². The standard InChI is InChI=1S/C43H27N3O/c1-3-11-26(12-4-1)41-44-42(27-13-5-2-6-14-27)46-43(45-41)36-19-10-20-37-40(36)35-22-21-28(25-38(35)47-37)29-23-24-34-31-16-8-7-15-30(31)33-18-9-17-32(29)39(33)34/h1-25,41H,(H,44,45,46). The van der Waals surface area contributed by atoms with Gasteiger partial charge in [0.25, 0.3) is 0 Å². The zero-order valence-electron chi connectivity index (χ0n) is 25.3. The summed E-state index contributed by atoms with van der Waals surface area (Å²) in [6.07, 6.45) is -0.270. The normalized spacial score (nSPS) is 15.0. The van der Waals surface area contributed by atoms with Crippen LogP contribution in [-0.4, -0.2) is 11.7 Å². The molecule has 1 aromatic heterocycles. The summed E-state index contributed by atoms with van der Waals surface area (Å²) in [5.41, 5.74) is 12.3. The number of nitrogens with zero attached hydrogens (tertiary/aromatic N) is 2. The Labute approximate surface area is 271 Å². The third-order valence-electron chi connectivity index (χ3n) is 9.50. The number of aliphatic imine (C=N–C) groups is 2. The Morgan fingerprint density at radius 3 is 1.98 bits per heavy atom. The number of fused-ring (bicyclic) bond motifs is 6. The van der Waals surface area contributed by atoms with E-state index in [1.807, 2.05) is 48.5 Å². The van der Waals surface area contributed by atoms with Crippen molar-refractivity contribution >= 4 is 44.4 Å². The lowest BCUT2D eigenvalue weighted by atomic mass is 9.93. The van der Waals surface area contributed by atoms with E-state index in [9.17, 15) is 0 Å². The number of benzene rings is 7. The fraction of sp³-hybridized carbons (Fsp3) is 0.0233. The highest BCUT2D eigenvalue weighted by Gasteiger charge is 2.25. The van der Waals surface area contributed by atoms with E-state index in [2.05, 4.69) is 108 Å². The SMILES string of the molecule is c1ccc(C2=NC(c3ccccc3)NC(c3cccc4oc5cc(-c6ccc7c8c(cccc68)-c6ccccc6-7)ccc5c34)=N2)cc1. The molecule has 0 spiro atoms. The van der Waals surface area contributed by atoms with Gasteiger partial charge in [-0.2, -0.15) is 0 Å². The Morgan fingerprint density at radius 2 is 1.15 bits per heavy atom. The topological polar surface area (TPSA) is 49.9 Å². The summed E-state index contributed by atoms with van der Waals surface area (Å²) in [5, 5.41) is 8.31. The number of nitrogens with one attached hydrogen (secondary N) is 1. The van der Waals surface area contributed by atoms with Crippen LogP contribution in [0, 0.1) is 0 Å². The first-order valence-electron chi connectivity index (χ1n) is 16.0. The second kappa shape index (κ2) is 10.1. The molecule has 0 bridgehead atoms. The number of amidine groups is 2. The Hall–Kier alpha value is -6.26. The van der Waals surface area contributed by atoms with Crippen LogP contribution in [0.1, 0.15) is 22.9 Å². The number of rotatable bonds is 4. The Bertz CT molecular complexity index is 2570. The number of hydrogen-bond donors (Lipinski definition) is 1. The zero-order chi connectivity index (χ0) is 30.9. The Balaban J connectivity index is 1.12. The van der Waals surface area contributed by atoms with Crippen LogP contribution in [0.5, 0.6) is 0 Å². The molecule has 220 valence electrons. The quantitative estimate of drug-likeness (QED) is 0.218. The Kier molecular flexibility index (Phi) is 5.60. The lowest BCUT2D eigenvalue weighted by Gasteiger charge is -2.24. The molecule has 4 nitrogen and oxygen atoms in total. The van der Waals surface area contributed by atoms with E-state index in [0.717, 1.165) is 50.0 Å². The average molecular weight is 602 g/mol. The highest BCUT2D eigenvalue weighted by atomic mass is 16.3. The molecule has 0 saturated heterocycles. The molecule has 2 aliphatic rings. The molecule has 4 heteroatoms. The second-order valence-electron chi connectivity index (χ2n) is 12.2. The minimum Gasteiger partial charge on any atom is -0.456 e. The lowest BCUT2D eigenvalue weighted by molar-refractivity contribution is 0.668. The van der Waals surface area contributed by atoms with Crippen molar-refractivity contribution in [3.8, 4) is 33.4 Å². The monoisotopic (exact) mass is 601 g/mol. The predicted molar refractivity (Wildman–Crippen MR) is 193 cm³/mol. The zero-order valence-corrected chi connectivity index (χ0v) is 25.3. The first kappa shape index (κ1) is 26.0. The Morgan fingerprint density at radius 1 is 0.468 bits per heavy atom. The van der Waals surface area contributed by atoms with Gasteiger partial charge in [0.05, 0.1) is 0 Å². The van der Waals surface area contributed by atoms with E-state index in [0.29, 0.717) is 5.84 Å². The molecule has 10 rings (SSSR count). The molecule has 0 amide bonds. The van der Waals surface area contributed by atoms with Crippen LogP contribution in [0.15, 0.2) is 166 Å². The molecule has 1 aliphatic carbocycles. The predicted octanol–water partition coefficient (Wildman–Crippen LogP) is 10.5. The van der Waals surface area contributed by atoms with Gasteiger partial charge in [0.1, 0.15) is 23.2 Å². The summed E-state index contributed by atoms with van der Waals surface area (Å²) in [7, 11) is 0. The van der Waals surface area contributed by atoms with E-state index >= 15 is 0 Å². The third kappa shape index (κ3) is 4.01. The van der Waals surface area contributed by atoms with Gasteiger partial charge in [-0.1, -0.05) is 133 Å². The molecule has 1 atom stereocenters. The van der Waals surface area contributed by atoms with Crippen LogP contribution in [0.4, 0.5) is 0 Å². The van der Waals surface area contributed by atoms with Crippen LogP contribution < -0.4 is 5.32 Å². The van der Waals surface area contributed by atoms with Crippen molar-refractivity contribution in [3.05, 3.63) is 168 Å². The summed E-state index contributed by atoms with van der Waals surface area (Å²) in [6.45, 7) is 0. The average Bonchev–Trinajstić information content (AvgIpc) is 3.69. The van der Waals surface area contributed by atoms with E-state index in [4.69, 9.17) is 14.4 Å². The molecular weight excluding hydrogens is 574 g/mol. The molecule has 1 aliphatic heterocycles. The van der Waals surface area contributed by atoms with Gasteiger partial charge >= 0.3 is 0 Å². The first-order valence-corrected chi connectivity index (χ1v) is 16.0. The lowest BCUT2D eigenvalue weighted by Crippen LogP contribution is -2.33. The maximum absolute atomic E-state index is 6.58. The summed E-state index contributed by atoms with van der Waals surface area (Å²) in [4.78, 5) is 10.1. The summed E-state index contributed by atoms with van der Waals surface area (Å²) in [5.74, 6) is 1.48. The molecule has 0 saturated carbocycles. The van der Waals surface area contributed by atoms with Gasteiger partial charge in [0, 0.05) is 21.9 Å². The molecule has 1 N–H and O–H groups in total. The first-order chi connectivity index (χ1) is 23.3. The minimum atomic E-state index is -0.270. The van der Waals surface area contributed by atoms with Crippen molar-refractivity contribution in [2.75, 3.05) is 0 Å². The number of hydrogen-bond acceptors (Lipinski definition) is 4.